The van der Waals surface area contributed by atoms with Gasteiger partial charge in [-0.1, -0.05) is 84.6 Å². The van der Waals surface area contributed by atoms with Gasteiger partial charge in [-0.3, -0.25) is 4.98 Å². The lowest BCUT2D eigenvalue weighted by atomic mass is 9.78. The molecule has 2 nitrogen and oxygen atoms in total. The minimum atomic E-state index is 0.713. The molecule has 1 aromatic heterocycles. The molecule has 0 spiro atoms. The molecular weight excluding hydrogens is 390 g/mol. The zero-order chi connectivity index (χ0) is 22.6. The van der Waals surface area contributed by atoms with Crippen LogP contribution in [0.4, 0.5) is 0 Å². The second-order valence-electron chi connectivity index (χ2n) is 10.2. The molecule has 1 atom stereocenters. The summed E-state index contributed by atoms with van der Waals surface area (Å²) in [7, 11) is 0. The van der Waals surface area contributed by atoms with Crippen molar-refractivity contribution < 1.29 is 4.74 Å². The third-order valence-corrected chi connectivity index (χ3v) is 7.46. The maximum absolute atomic E-state index is 6.03. The summed E-state index contributed by atoms with van der Waals surface area (Å²) in [5.41, 5.74) is 3.52. The Labute approximate surface area is 197 Å². The number of unbranched alkanes of at least 4 members (excludes halogenated alkanes) is 2. The van der Waals surface area contributed by atoms with Crippen molar-refractivity contribution in [2.45, 2.75) is 97.8 Å². The zero-order valence-corrected chi connectivity index (χ0v) is 20.8. The minimum Gasteiger partial charge on any atom is -0.494 e. The Balaban J connectivity index is 1.34. The van der Waals surface area contributed by atoms with Gasteiger partial charge in [0, 0.05) is 11.8 Å². The van der Waals surface area contributed by atoms with Crippen LogP contribution in [0.15, 0.2) is 42.6 Å². The molecule has 0 aliphatic heterocycles. The van der Waals surface area contributed by atoms with Gasteiger partial charge in [0.1, 0.15) is 5.75 Å². The van der Waals surface area contributed by atoms with E-state index in [1.165, 1.54) is 76.2 Å². The first-order valence-electron chi connectivity index (χ1n) is 13.4. The van der Waals surface area contributed by atoms with Crippen molar-refractivity contribution in [3.63, 3.8) is 0 Å². The molecule has 2 aromatic rings. The fourth-order valence-electron chi connectivity index (χ4n) is 5.04. The standard InChI is InChI=1S/C30H45NO/c1-4-6-7-9-25-11-13-26(14-12-25)10-8-21-32-29-18-16-28(17-19-29)30-20-15-27(23-31-30)22-24(3)5-2/h15-20,23-26H,4-14,21-22H2,1-3H3/t24-,25?,26?/m0/s1. The van der Waals surface area contributed by atoms with E-state index in [0.717, 1.165) is 41.9 Å². The summed E-state index contributed by atoms with van der Waals surface area (Å²) in [4.78, 5) is 4.68. The van der Waals surface area contributed by atoms with E-state index in [2.05, 4.69) is 62.2 Å². The van der Waals surface area contributed by atoms with E-state index in [4.69, 9.17) is 4.74 Å². The lowest BCUT2D eigenvalue weighted by molar-refractivity contribution is 0.228. The summed E-state index contributed by atoms with van der Waals surface area (Å²) in [6, 6.07) is 12.8. The van der Waals surface area contributed by atoms with Crippen LogP contribution in [-0.2, 0) is 6.42 Å². The summed E-state index contributed by atoms with van der Waals surface area (Å²) in [5.74, 6) is 3.63. The number of pyridine rings is 1. The molecule has 1 saturated carbocycles. The summed E-state index contributed by atoms with van der Waals surface area (Å²) in [6.07, 6.45) is 18.3. The number of nitrogens with zero attached hydrogens (tertiary/aromatic N) is 1. The fraction of sp³-hybridized carbons (Fsp3) is 0.633. The molecule has 1 fully saturated rings. The first-order valence-corrected chi connectivity index (χ1v) is 13.4. The van der Waals surface area contributed by atoms with Crippen molar-refractivity contribution in [2.24, 2.45) is 17.8 Å². The van der Waals surface area contributed by atoms with Gasteiger partial charge < -0.3 is 4.74 Å². The number of ether oxygens (including phenoxy) is 1. The Kier molecular flexibility index (Phi) is 10.6. The molecule has 0 amide bonds. The first-order chi connectivity index (χ1) is 15.7. The van der Waals surface area contributed by atoms with Gasteiger partial charge in [-0.2, -0.15) is 0 Å². The van der Waals surface area contributed by atoms with Crippen molar-refractivity contribution in [1.29, 1.82) is 0 Å². The van der Waals surface area contributed by atoms with E-state index in [-0.39, 0.29) is 0 Å². The van der Waals surface area contributed by atoms with Crippen LogP contribution in [-0.4, -0.2) is 11.6 Å². The second-order valence-corrected chi connectivity index (χ2v) is 10.2. The van der Waals surface area contributed by atoms with Gasteiger partial charge in [0.05, 0.1) is 12.3 Å². The Hall–Kier alpha value is -1.83. The minimum absolute atomic E-state index is 0.713. The lowest BCUT2D eigenvalue weighted by Gasteiger charge is -2.28. The van der Waals surface area contributed by atoms with Crippen molar-refractivity contribution in [3.8, 4) is 17.0 Å². The monoisotopic (exact) mass is 435 g/mol. The predicted octanol–water partition coefficient (Wildman–Crippen LogP) is 8.88. The van der Waals surface area contributed by atoms with E-state index in [1.54, 1.807) is 0 Å². The van der Waals surface area contributed by atoms with Crippen LogP contribution in [0.25, 0.3) is 11.3 Å². The van der Waals surface area contributed by atoms with Gasteiger partial charge in [0.2, 0.25) is 0 Å². The van der Waals surface area contributed by atoms with E-state index in [9.17, 15) is 0 Å². The summed E-state index contributed by atoms with van der Waals surface area (Å²) in [6.45, 7) is 7.68. The predicted molar refractivity (Wildman–Crippen MR) is 137 cm³/mol. The molecule has 0 saturated heterocycles. The smallest absolute Gasteiger partial charge is 0.119 e. The highest BCUT2D eigenvalue weighted by Crippen LogP contribution is 2.34. The van der Waals surface area contributed by atoms with Crippen LogP contribution < -0.4 is 4.74 Å². The molecule has 3 rings (SSSR count). The lowest BCUT2D eigenvalue weighted by Crippen LogP contribution is -2.15. The highest BCUT2D eigenvalue weighted by atomic mass is 16.5. The van der Waals surface area contributed by atoms with Gasteiger partial charge in [-0.25, -0.2) is 0 Å². The van der Waals surface area contributed by atoms with Gasteiger partial charge >= 0.3 is 0 Å². The molecule has 1 aliphatic rings. The van der Waals surface area contributed by atoms with E-state index >= 15 is 0 Å². The fourth-order valence-corrected chi connectivity index (χ4v) is 5.04. The third-order valence-electron chi connectivity index (χ3n) is 7.46. The van der Waals surface area contributed by atoms with Crippen LogP contribution in [0.3, 0.4) is 0 Å². The van der Waals surface area contributed by atoms with Crippen molar-refractivity contribution >= 4 is 0 Å². The van der Waals surface area contributed by atoms with E-state index in [1.807, 2.05) is 6.20 Å². The van der Waals surface area contributed by atoms with E-state index in [0.29, 0.717) is 5.92 Å². The highest BCUT2D eigenvalue weighted by Gasteiger charge is 2.20. The Morgan fingerprint density at radius 1 is 0.875 bits per heavy atom. The molecule has 1 heterocycles. The average Bonchev–Trinajstić information content (AvgIpc) is 2.84. The molecule has 1 aromatic carbocycles. The average molecular weight is 436 g/mol. The van der Waals surface area contributed by atoms with Crippen molar-refractivity contribution in [2.75, 3.05) is 6.61 Å². The molecule has 1 aliphatic carbocycles. The Bertz CT molecular complexity index is 743. The maximum Gasteiger partial charge on any atom is 0.119 e. The number of rotatable bonds is 13. The normalized spacial score (nSPS) is 19.6. The topological polar surface area (TPSA) is 22.1 Å². The van der Waals surface area contributed by atoms with Crippen LogP contribution in [0, 0.1) is 17.8 Å². The van der Waals surface area contributed by atoms with Gasteiger partial charge in [-0.05, 0) is 72.9 Å². The number of hydrogen-bond donors (Lipinski definition) is 0. The Morgan fingerprint density at radius 2 is 1.56 bits per heavy atom. The van der Waals surface area contributed by atoms with Crippen molar-refractivity contribution in [3.05, 3.63) is 48.2 Å². The number of aromatic nitrogens is 1. The van der Waals surface area contributed by atoms with Crippen molar-refractivity contribution in [1.82, 2.24) is 4.98 Å². The molecule has 0 N–H and O–H groups in total. The van der Waals surface area contributed by atoms with Crippen LogP contribution in [0.2, 0.25) is 0 Å². The van der Waals surface area contributed by atoms with E-state index < -0.39 is 0 Å². The van der Waals surface area contributed by atoms with Gasteiger partial charge in [-0.15, -0.1) is 0 Å². The number of hydrogen-bond acceptors (Lipinski definition) is 2. The molecule has 32 heavy (non-hydrogen) atoms. The zero-order valence-electron chi connectivity index (χ0n) is 20.8. The molecular formula is C30H45NO. The van der Waals surface area contributed by atoms with Gasteiger partial charge in [0.25, 0.3) is 0 Å². The third kappa shape index (κ3) is 8.26. The summed E-state index contributed by atoms with van der Waals surface area (Å²) >= 11 is 0. The SMILES string of the molecule is CCCCCC1CCC(CCCOc2ccc(-c3ccc(C[C@@H](C)CC)cn3)cc2)CC1. The molecule has 0 bridgehead atoms. The largest absolute Gasteiger partial charge is 0.494 e. The summed E-state index contributed by atoms with van der Waals surface area (Å²) < 4.78 is 6.03. The maximum atomic E-state index is 6.03. The van der Waals surface area contributed by atoms with Crippen LogP contribution >= 0.6 is 0 Å². The first kappa shape index (κ1) is 24.8. The highest BCUT2D eigenvalue weighted by molar-refractivity contribution is 5.60. The molecule has 176 valence electrons. The molecule has 0 radical (unpaired) electrons. The van der Waals surface area contributed by atoms with Gasteiger partial charge in [0.15, 0.2) is 0 Å². The molecule has 0 unspecified atom stereocenters. The summed E-state index contributed by atoms with van der Waals surface area (Å²) in [5, 5.41) is 0. The Morgan fingerprint density at radius 3 is 2.16 bits per heavy atom. The quantitative estimate of drug-likeness (QED) is 0.293. The van der Waals surface area contributed by atoms with Crippen LogP contribution in [0.5, 0.6) is 5.75 Å². The molecule has 2 heteroatoms. The second kappa shape index (κ2) is 13.7. The van der Waals surface area contributed by atoms with Crippen LogP contribution in [0.1, 0.15) is 97.0 Å². The number of benzene rings is 1.